The summed E-state index contributed by atoms with van der Waals surface area (Å²) >= 11 is 0. The van der Waals surface area contributed by atoms with Gasteiger partial charge in [0, 0.05) is 6.54 Å². The van der Waals surface area contributed by atoms with Gasteiger partial charge in [0.1, 0.15) is 0 Å². The summed E-state index contributed by atoms with van der Waals surface area (Å²) in [6.45, 7) is 4.73. The molecular weight excluding hydrogens is 176 g/mol. The molecule has 0 aromatic heterocycles. The molecule has 2 unspecified atom stereocenters. The van der Waals surface area contributed by atoms with Gasteiger partial charge in [-0.05, 0) is 45.3 Å². The Balaban J connectivity index is 2.36. The molecule has 0 aromatic carbocycles. The predicted molar refractivity (Wildman–Crippen MR) is 59.1 cm³/mol. The highest BCUT2D eigenvalue weighted by Gasteiger charge is 2.39. The van der Waals surface area contributed by atoms with Crippen molar-refractivity contribution in [3.8, 4) is 0 Å². The van der Waals surface area contributed by atoms with E-state index in [2.05, 4.69) is 18.9 Å². The van der Waals surface area contributed by atoms with Crippen molar-refractivity contribution in [2.75, 3.05) is 26.7 Å². The Morgan fingerprint density at radius 3 is 2.86 bits per heavy atom. The molecule has 1 saturated carbocycles. The van der Waals surface area contributed by atoms with E-state index in [0.717, 1.165) is 38.8 Å². The number of aliphatic hydroxyl groups is 1. The second-order valence-corrected chi connectivity index (χ2v) is 4.58. The average Bonchev–Trinajstić information content (AvgIpc) is 2.57. The van der Waals surface area contributed by atoms with E-state index in [1.54, 1.807) is 0 Å². The summed E-state index contributed by atoms with van der Waals surface area (Å²) in [5.74, 6) is 0.418. The van der Waals surface area contributed by atoms with Crippen LogP contribution in [-0.2, 0) is 0 Å². The number of rotatable bonds is 5. The lowest BCUT2D eigenvalue weighted by Gasteiger charge is -2.29. The Morgan fingerprint density at radius 1 is 1.57 bits per heavy atom. The van der Waals surface area contributed by atoms with E-state index >= 15 is 0 Å². The van der Waals surface area contributed by atoms with Crippen LogP contribution in [0.1, 0.15) is 32.6 Å². The number of nitrogens with zero attached hydrogens (tertiary/aromatic N) is 1. The Kier molecular flexibility index (Phi) is 4.35. The standard InChI is InChI=1S/C11H24N2O/c1-3-13(2)8-6-10-5-4-7-11(10,14)9-12/h10,14H,3-9,12H2,1-2H3. The molecule has 0 radical (unpaired) electrons. The molecule has 0 bridgehead atoms. The third-order valence-electron chi connectivity index (χ3n) is 3.67. The fourth-order valence-corrected chi connectivity index (χ4v) is 2.34. The fourth-order valence-electron chi connectivity index (χ4n) is 2.34. The van der Waals surface area contributed by atoms with E-state index in [1.807, 2.05) is 0 Å². The molecule has 3 heteroatoms. The van der Waals surface area contributed by atoms with E-state index < -0.39 is 5.60 Å². The van der Waals surface area contributed by atoms with E-state index in [9.17, 15) is 5.11 Å². The summed E-state index contributed by atoms with van der Waals surface area (Å²) in [7, 11) is 2.12. The van der Waals surface area contributed by atoms with Crippen LogP contribution >= 0.6 is 0 Å². The molecule has 3 N–H and O–H groups in total. The van der Waals surface area contributed by atoms with Gasteiger partial charge in [0.05, 0.1) is 5.60 Å². The lowest BCUT2D eigenvalue weighted by atomic mass is 9.88. The summed E-state index contributed by atoms with van der Waals surface area (Å²) in [5, 5.41) is 10.2. The normalized spacial score (nSPS) is 32.8. The van der Waals surface area contributed by atoms with E-state index in [-0.39, 0.29) is 0 Å². The van der Waals surface area contributed by atoms with Crippen LogP contribution < -0.4 is 5.73 Å². The zero-order valence-electron chi connectivity index (χ0n) is 9.50. The molecule has 3 nitrogen and oxygen atoms in total. The van der Waals surface area contributed by atoms with Gasteiger partial charge in [-0.25, -0.2) is 0 Å². The van der Waals surface area contributed by atoms with Crippen molar-refractivity contribution in [1.82, 2.24) is 4.90 Å². The molecule has 2 atom stereocenters. The summed E-state index contributed by atoms with van der Waals surface area (Å²) in [5.41, 5.74) is 5.07. The minimum atomic E-state index is -0.561. The lowest BCUT2D eigenvalue weighted by Crippen LogP contribution is -2.42. The van der Waals surface area contributed by atoms with Gasteiger partial charge in [-0.3, -0.25) is 0 Å². The van der Waals surface area contributed by atoms with Crippen LogP contribution in [0.25, 0.3) is 0 Å². The molecule has 1 aliphatic carbocycles. The molecule has 0 aromatic rings. The van der Waals surface area contributed by atoms with Crippen LogP contribution in [0.15, 0.2) is 0 Å². The summed E-state index contributed by atoms with van der Waals surface area (Å²) in [4.78, 5) is 2.29. The van der Waals surface area contributed by atoms with Crippen LogP contribution in [0.5, 0.6) is 0 Å². The number of nitrogens with two attached hydrogens (primary N) is 1. The highest BCUT2D eigenvalue weighted by atomic mass is 16.3. The zero-order chi connectivity index (χ0) is 10.6. The van der Waals surface area contributed by atoms with Gasteiger partial charge in [-0.15, -0.1) is 0 Å². The maximum atomic E-state index is 10.2. The van der Waals surface area contributed by atoms with Crippen molar-refractivity contribution in [3.05, 3.63) is 0 Å². The Hall–Kier alpha value is -0.120. The van der Waals surface area contributed by atoms with Gasteiger partial charge in [0.2, 0.25) is 0 Å². The topological polar surface area (TPSA) is 49.5 Å². The first-order valence-corrected chi connectivity index (χ1v) is 5.73. The Bertz CT molecular complexity index is 175. The Morgan fingerprint density at radius 2 is 2.29 bits per heavy atom. The molecule has 0 amide bonds. The van der Waals surface area contributed by atoms with Crippen molar-refractivity contribution in [3.63, 3.8) is 0 Å². The van der Waals surface area contributed by atoms with Crippen LogP contribution in [-0.4, -0.2) is 42.3 Å². The minimum absolute atomic E-state index is 0.418. The third-order valence-corrected chi connectivity index (χ3v) is 3.67. The van der Waals surface area contributed by atoms with Crippen LogP contribution in [0, 0.1) is 5.92 Å². The van der Waals surface area contributed by atoms with Crippen molar-refractivity contribution >= 4 is 0 Å². The largest absolute Gasteiger partial charge is 0.388 e. The molecule has 1 rings (SSSR count). The van der Waals surface area contributed by atoms with Gasteiger partial charge >= 0.3 is 0 Å². The molecule has 0 aliphatic heterocycles. The fraction of sp³-hybridized carbons (Fsp3) is 1.00. The maximum absolute atomic E-state index is 10.2. The van der Waals surface area contributed by atoms with Crippen LogP contribution in [0.3, 0.4) is 0 Å². The first-order valence-electron chi connectivity index (χ1n) is 5.73. The zero-order valence-corrected chi connectivity index (χ0v) is 9.50. The van der Waals surface area contributed by atoms with Crippen LogP contribution in [0.2, 0.25) is 0 Å². The highest BCUT2D eigenvalue weighted by molar-refractivity contribution is 4.93. The first-order chi connectivity index (χ1) is 6.62. The van der Waals surface area contributed by atoms with Crippen molar-refractivity contribution in [1.29, 1.82) is 0 Å². The molecule has 1 aliphatic rings. The smallest absolute Gasteiger partial charge is 0.0797 e. The van der Waals surface area contributed by atoms with Crippen molar-refractivity contribution < 1.29 is 5.11 Å². The van der Waals surface area contributed by atoms with Crippen molar-refractivity contribution in [2.24, 2.45) is 11.7 Å². The first kappa shape index (κ1) is 12.0. The van der Waals surface area contributed by atoms with Gasteiger partial charge in [0.15, 0.2) is 0 Å². The Labute approximate surface area is 87.3 Å². The second kappa shape index (κ2) is 5.10. The summed E-state index contributed by atoms with van der Waals surface area (Å²) in [6.07, 6.45) is 4.25. The van der Waals surface area contributed by atoms with E-state index in [0.29, 0.717) is 12.5 Å². The van der Waals surface area contributed by atoms with Crippen molar-refractivity contribution in [2.45, 2.75) is 38.2 Å². The molecular formula is C11H24N2O. The lowest BCUT2D eigenvalue weighted by molar-refractivity contribution is 0.00548. The minimum Gasteiger partial charge on any atom is -0.388 e. The summed E-state index contributed by atoms with van der Waals surface area (Å²) < 4.78 is 0. The SMILES string of the molecule is CCN(C)CCC1CCCC1(O)CN. The van der Waals surface area contributed by atoms with Crippen LogP contribution in [0.4, 0.5) is 0 Å². The highest BCUT2D eigenvalue weighted by Crippen LogP contribution is 2.37. The van der Waals surface area contributed by atoms with E-state index in [1.165, 1.54) is 0 Å². The van der Waals surface area contributed by atoms with Gasteiger partial charge in [-0.2, -0.15) is 0 Å². The molecule has 0 spiro atoms. The number of hydrogen-bond acceptors (Lipinski definition) is 3. The monoisotopic (exact) mass is 200 g/mol. The van der Waals surface area contributed by atoms with Gasteiger partial charge in [0.25, 0.3) is 0 Å². The average molecular weight is 200 g/mol. The molecule has 84 valence electrons. The molecule has 1 fully saturated rings. The van der Waals surface area contributed by atoms with Gasteiger partial charge in [-0.1, -0.05) is 13.3 Å². The molecule has 14 heavy (non-hydrogen) atoms. The number of hydrogen-bond donors (Lipinski definition) is 2. The predicted octanol–water partition coefficient (Wildman–Crippen LogP) is 0.818. The van der Waals surface area contributed by atoms with Gasteiger partial charge < -0.3 is 15.7 Å². The molecule has 0 heterocycles. The maximum Gasteiger partial charge on any atom is 0.0797 e. The second-order valence-electron chi connectivity index (χ2n) is 4.58. The molecule has 0 saturated heterocycles. The van der Waals surface area contributed by atoms with E-state index in [4.69, 9.17) is 5.73 Å². The quantitative estimate of drug-likeness (QED) is 0.691. The third kappa shape index (κ3) is 2.69. The summed E-state index contributed by atoms with van der Waals surface area (Å²) in [6, 6.07) is 0.